The molecule has 4 rings (SSSR count). The number of aromatic amines is 1. The summed E-state index contributed by atoms with van der Waals surface area (Å²) < 4.78 is 18.4. The highest BCUT2D eigenvalue weighted by molar-refractivity contribution is 5.98. The van der Waals surface area contributed by atoms with Crippen LogP contribution in [-0.2, 0) is 6.54 Å². The maximum atomic E-state index is 13.3. The Bertz CT molecular complexity index is 909. The number of hydrogen-bond donors (Lipinski definition) is 1. The van der Waals surface area contributed by atoms with Gasteiger partial charge >= 0.3 is 0 Å². The van der Waals surface area contributed by atoms with E-state index in [0.29, 0.717) is 24.2 Å². The fourth-order valence-electron chi connectivity index (χ4n) is 3.22. The number of carbonyl (C=O) groups is 1. The van der Waals surface area contributed by atoms with E-state index in [9.17, 15) is 9.18 Å². The Morgan fingerprint density at radius 1 is 1.24 bits per heavy atom. The lowest BCUT2D eigenvalue weighted by Gasteiger charge is -2.34. The van der Waals surface area contributed by atoms with Gasteiger partial charge in [0.1, 0.15) is 17.3 Å². The van der Waals surface area contributed by atoms with Crippen molar-refractivity contribution in [2.45, 2.75) is 13.5 Å². The van der Waals surface area contributed by atoms with Crippen LogP contribution in [0.1, 0.15) is 21.9 Å². The Balaban J connectivity index is 1.40. The first-order chi connectivity index (χ1) is 12.1. The van der Waals surface area contributed by atoms with E-state index in [-0.39, 0.29) is 11.7 Å². The second kappa shape index (κ2) is 6.33. The number of benzene rings is 1. The molecule has 1 aromatic carbocycles. The van der Waals surface area contributed by atoms with E-state index < -0.39 is 0 Å². The third-order valence-corrected chi connectivity index (χ3v) is 4.54. The van der Waals surface area contributed by atoms with E-state index in [0.717, 1.165) is 36.6 Å². The molecule has 1 fully saturated rings. The minimum absolute atomic E-state index is 0.0476. The molecule has 0 aliphatic carbocycles. The third-order valence-electron chi connectivity index (χ3n) is 4.54. The number of H-pyrrole nitrogens is 1. The second-order valence-corrected chi connectivity index (χ2v) is 6.41. The normalized spacial score (nSPS) is 15.8. The predicted molar refractivity (Wildman–Crippen MR) is 90.7 cm³/mol. The van der Waals surface area contributed by atoms with E-state index in [1.54, 1.807) is 12.1 Å². The lowest BCUT2D eigenvalue weighted by atomic mass is 10.2. The van der Waals surface area contributed by atoms with Crippen molar-refractivity contribution in [3.63, 3.8) is 0 Å². The Hall–Kier alpha value is -2.67. The minimum Gasteiger partial charge on any atom is -0.361 e. The number of nitrogens with one attached hydrogen (secondary N) is 1. The van der Waals surface area contributed by atoms with Crippen molar-refractivity contribution >= 4 is 16.8 Å². The first-order valence-electron chi connectivity index (χ1n) is 8.30. The molecule has 0 unspecified atom stereocenters. The number of aryl methyl sites for hydroxylation is 1. The fourth-order valence-corrected chi connectivity index (χ4v) is 3.22. The number of carbonyl (C=O) groups excluding carboxylic acids is 1. The summed E-state index contributed by atoms with van der Waals surface area (Å²) in [5, 5.41) is 4.72. The van der Waals surface area contributed by atoms with Gasteiger partial charge in [-0.1, -0.05) is 5.16 Å². The minimum atomic E-state index is -0.304. The van der Waals surface area contributed by atoms with Crippen molar-refractivity contribution < 1.29 is 13.7 Å². The molecule has 0 radical (unpaired) electrons. The maximum Gasteiger partial charge on any atom is 0.270 e. The molecule has 130 valence electrons. The van der Waals surface area contributed by atoms with Crippen LogP contribution in [0.2, 0.25) is 0 Å². The van der Waals surface area contributed by atoms with Gasteiger partial charge in [-0.2, -0.15) is 0 Å². The molecule has 6 nitrogen and oxygen atoms in total. The van der Waals surface area contributed by atoms with Gasteiger partial charge in [0, 0.05) is 49.7 Å². The monoisotopic (exact) mass is 342 g/mol. The van der Waals surface area contributed by atoms with Gasteiger partial charge in [-0.05, 0) is 31.2 Å². The molecular weight excluding hydrogens is 323 g/mol. The molecule has 3 heterocycles. The summed E-state index contributed by atoms with van der Waals surface area (Å²) in [5.74, 6) is 0.454. The summed E-state index contributed by atoms with van der Waals surface area (Å²) in [6.07, 6.45) is 0. The van der Waals surface area contributed by atoms with E-state index in [2.05, 4.69) is 15.0 Å². The molecule has 3 aromatic rings. The summed E-state index contributed by atoms with van der Waals surface area (Å²) in [6, 6.07) is 8.11. The summed E-state index contributed by atoms with van der Waals surface area (Å²) in [5.41, 5.74) is 2.18. The number of hydrogen-bond acceptors (Lipinski definition) is 4. The highest BCUT2D eigenvalue weighted by Crippen LogP contribution is 2.18. The fraction of sp³-hybridized carbons (Fsp3) is 0.333. The van der Waals surface area contributed by atoms with Crippen LogP contribution in [0, 0.1) is 12.7 Å². The van der Waals surface area contributed by atoms with Gasteiger partial charge in [0.05, 0.1) is 5.69 Å². The van der Waals surface area contributed by atoms with Crippen molar-refractivity contribution in [3.8, 4) is 0 Å². The molecule has 0 spiro atoms. The van der Waals surface area contributed by atoms with E-state index in [1.807, 2.05) is 17.9 Å². The molecule has 25 heavy (non-hydrogen) atoms. The largest absolute Gasteiger partial charge is 0.361 e. The quantitative estimate of drug-likeness (QED) is 0.794. The zero-order valence-corrected chi connectivity index (χ0v) is 14.0. The number of halogens is 1. The van der Waals surface area contributed by atoms with E-state index in [4.69, 9.17) is 4.52 Å². The molecule has 7 heteroatoms. The molecular formula is C18H19FN4O2. The van der Waals surface area contributed by atoms with Crippen LogP contribution in [0.5, 0.6) is 0 Å². The Labute approximate surface area is 144 Å². The molecule has 1 N–H and O–H groups in total. The SMILES string of the molecule is Cc1cc(CN2CCN(C(=O)c3cc4cc(F)ccc4[nH]3)CC2)no1. The van der Waals surface area contributed by atoms with Crippen molar-refractivity contribution in [1.82, 2.24) is 19.9 Å². The maximum absolute atomic E-state index is 13.3. The predicted octanol–water partition coefficient (Wildman–Crippen LogP) is 2.56. The Morgan fingerprint density at radius 2 is 2.04 bits per heavy atom. The van der Waals surface area contributed by atoms with Gasteiger partial charge in [0.2, 0.25) is 0 Å². The third kappa shape index (κ3) is 3.28. The standard InChI is InChI=1S/C18H19FN4O2/c1-12-8-15(21-25-12)11-22-4-6-23(7-5-22)18(24)17-10-13-9-14(19)2-3-16(13)20-17/h2-3,8-10,20H,4-7,11H2,1H3. The topological polar surface area (TPSA) is 65.4 Å². The Morgan fingerprint density at radius 3 is 2.76 bits per heavy atom. The number of rotatable bonds is 3. The van der Waals surface area contributed by atoms with Crippen LogP contribution in [0.15, 0.2) is 34.9 Å². The first-order valence-corrected chi connectivity index (χ1v) is 8.30. The molecule has 0 bridgehead atoms. The lowest BCUT2D eigenvalue weighted by molar-refractivity contribution is 0.0621. The van der Waals surface area contributed by atoms with Crippen molar-refractivity contribution in [1.29, 1.82) is 0 Å². The first kappa shape index (κ1) is 15.8. The van der Waals surface area contributed by atoms with Crippen molar-refractivity contribution in [3.05, 3.63) is 53.3 Å². The van der Waals surface area contributed by atoms with Gasteiger partial charge in [-0.3, -0.25) is 9.69 Å². The summed E-state index contributed by atoms with van der Waals surface area (Å²) in [6.45, 7) is 5.47. The van der Waals surface area contributed by atoms with Crippen LogP contribution in [0.4, 0.5) is 4.39 Å². The highest BCUT2D eigenvalue weighted by Gasteiger charge is 2.23. The molecule has 1 amide bonds. The van der Waals surface area contributed by atoms with Gasteiger partial charge in [0.25, 0.3) is 5.91 Å². The van der Waals surface area contributed by atoms with Crippen LogP contribution in [-0.4, -0.2) is 52.0 Å². The van der Waals surface area contributed by atoms with Crippen LogP contribution >= 0.6 is 0 Å². The van der Waals surface area contributed by atoms with Gasteiger partial charge < -0.3 is 14.4 Å². The van der Waals surface area contributed by atoms with Crippen molar-refractivity contribution in [2.24, 2.45) is 0 Å². The van der Waals surface area contributed by atoms with Gasteiger partial charge in [-0.25, -0.2) is 4.39 Å². The zero-order valence-electron chi connectivity index (χ0n) is 14.0. The summed E-state index contributed by atoms with van der Waals surface area (Å²) >= 11 is 0. The molecule has 0 atom stereocenters. The number of amides is 1. The molecule has 1 saturated heterocycles. The van der Waals surface area contributed by atoms with Gasteiger partial charge in [-0.15, -0.1) is 0 Å². The molecule has 1 aliphatic heterocycles. The van der Waals surface area contributed by atoms with Gasteiger partial charge in [0.15, 0.2) is 0 Å². The average molecular weight is 342 g/mol. The zero-order chi connectivity index (χ0) is 17.4. The average Bonchev–Trinajstić information content (AvgIpc) is 3.20. The number of fused-ring (bicyclic) bond motifs is 1. The summed E-state index contributed by atoms with van der Waals surface area (Å²) in [7, 11) is 0. The number of aromatic nitrogens is 2. The lowest BCUT2D eigenvalue weighted by Crippen LogP contribution is -2.48. The molecule has 2 aromatic heterocycles. The number of nitrogens with zero attached hydrogens (tertiary/aromatic N) is 3. The second-order valence-electron chi connectivity index (χ2n) is 6.41. The van der Waals surface area contributed by atoms with E-state index in [1.165, 1.54) is 12.1 Å². The van der Waals surface area contributed by atoms with Crippen molar-refractivity contribution in [2.75, 3.05) is 26.2 Å². The molecule has 1 aliphatic rings. The van der Waals surface area contributed by atoms with Crippen LogP contribution in [0.3, 0.4) is 0 Å². The van der Waals surface area contributed by atoms with Crippen LogP contribution < -0.4 is 0 Å². The molecule has 0 saturated carbocycles. The highest BCUT2D eigenvalue weighted by atomic mass is 19.1. The number of piperazine rings is 1. The van der Waals surface area contributed by atoms with Crippen LogP contribution in [0.25, 0.3) is 10.9 Å². The summed E-state index contributed by atoms with van der Waals surface area (Å²) in [4.78, 5) is 19.8. The Kier molecular flexibility index (Phi) is 4.01. The van der Waals surface area contributed by atoms with E-state index >= 15 is 0 Å². The smallest absolute Gasteiger partial charge is 0.270 e.